The topological polar surface area (TPSA) is 113 Å². The normalized spacial score (nSPS) is 15.5. The Morgan fingerprint density at radius 2 is 1.57 bits per heavy atom. The van der Waals surface area contributed by atoms with Gasteiger partial charge in [-0.25, -0.2) is 0 Å². The van der Waals surface area contributed by atoms with Crippen molar-refractivity contribution in [2.24, 2.45) is 5.73 Å². The van der Waals surface area contributed by atoms with Crippen molar-refractivity contribution in [2.45, 2.75) is 50.6 Å². The van der Waals surface area contributed by atoms with Crippen molar-refractivity contribution < 1.29 is 19.5 Å². The number of nitrogens with one attached hydrogen (secondary N) is 1. The van der Waals surface area contributed by atoms with Crippen LogP contribution in [0.1, 0.15) is 59.7 Å². The zero-order valence-electron chi connectivity index (χ0n) is 21.0. The van der Waals surface area contributed by atoms with E-state index in [1.807, 2.05) is 48.5 Å². The number of aliphatic carboxylic acids is 1. The number of carboxylic acids is 1. The number of aryl methyl sites for hydroxylation is 1. The van der Waals surface area contributed by atoms with Gasteiger partial charge in [0.05, 0.1) is 17.7 Å². The molecule has 7 heteroatoms. The second-order valence-electron chi connectivity index (χ2n) is 9.50. The highest BCUT2D eigenvalue weighted by atomic mass is 16.4. The van der Waals surface area contributed by atoms with E-state index in [2.05, 4.69) is 5.32 Å². The van der Waals surface area contributed by atoms with Gasteiger partial charge < -0.3 is 21.1 Å². The van der Waals surface area contributed by atoms with Crippen LogP contribution in [0.4, 0.5) is 5.69 Å². The van der Waals surface area contributed by atoms with Gasteiger partial charge in [0.1, 0.15) is 0 Å². The molecular weight excluding hydrogens is 466 g/mol. The van der Waals surface area contributed by atoms with Gasteiger partial charge in [-0.2, -0.15) is 0 Å². The Morgan fingerprint density at radius 1 is 0.946 bits per heavy atom. The van der Waals surface area contributed by atoms with Crippen LogP contribution in [0.25, 0.3) is 0 Å². The van der Waals surface area contributed by atoms with Crippen molar-refractivity contribution in [3.63, 3.8) is 0 Å². The Morgan fingerprint density at radius 3 is 2.14 bits per heavy atom. The molecule has 4 rings (SSSR count). The first-order chi connectivity index (χ1) is 17.9. The molecule has 3 aromatic carbocycles. The molecule has 1 heterocycles. The van der Waals surface area contributed by atoms with Gasteiger partial charge in [-0.15, -0.1) is 0 Å². The van der Waals surface area contributed by atoms with Crippen LogP contribution < -0.4 is 11.1 Å². The Bertz CT molecular complexity index is 1220. The molecule has 192 valence electrons. The molecule has 0 aromatic heterocycles. The Labute approximate surface area is 217 Å². The average molecular weight is 500 g/mol. The number of carboxylic acid groups (broad SMARTS) is 1. The molecule has 0 bridgehead atoms. The lowest BCUT2D eigenvalue weighted by molar-refractivity contribution is -0.139. The molecule has 1 aliphatic heterocycles. The summed E-state index contributed by atoms with van der Waals surface area (Å²) >= 11 is 0. The molecule has 1 unspecified atom stereocenters. The summed E-state index contributed by atoms with van der Waals surface area (Å²) < 4.78 is 0. The predicted octanol–water partition coefficient (Wildman–Crippen LogP) is 4.56. The van der Waals surface area contributed by atoms with Gasteiger partial charge in [0.2, 0.25) is 0 Å². The Kier molecular flexibility index (Phi) is 8.04. The van der Waals surface area contributed by atoms with E-state index in [4.69, 9.17) is 5.73 Å². The summed E-state index contributed by atoms with van der Waals surface area (Å²) in [5.74, 6) is -1.85. The molecule has 3 aromatic rings. The third-order valence-corrected chi connectivity index (χ3v) is 6.93. The summed E-state index contributed by atoms with van der Waals surface area (Å²) in [6.07, 6.45) is 3.34. The SMILES string of the molecule is CC(CC(=O)O)N1C(=O)c2cc(CCCCCN)ccc2NC(=O)C1(c1ccccc1)c1ccccc1. The molecule has 2 amide bonds. The molecule has 7 nitrogen and oxygen atoms in total. The zero-order valence-corrected chi connectivity index (χ0v) is 21.0. The molecular formula is C30H33N3O4. The first-order valence-electron chi connectivity index (χ1n) is 12.7. The smallest absolute Gasteiger partial charge is 0.305 e. The molecule has 0 aliphatic carbocycles. The van der Waals surface area contributed by atoms with Crippen molar-refractivity contribution >= 4 is 23.5 Å². The van der Waals surface area contributed by atoms with Gasteiger partial charge in [0.15, 0.2) is 5.54 Å². The van der Waals surface area contributed by atoms with E-state index in [-0.39, 0.29) is 6.42 Å². The standard InChI is InChI=1S/C30H33N3O4/c1-21(19-27(34)35)33-28(36)25-20-22(11-5-4-10-18-31)16-17-26(25)32-29(37)30(33,23-12-6-2-7-13-23)24-14-8-3-9-15-24/h2-3,6-9,12-17,20-21H,4-5,10-11,18-19,31H2,1H3,(H,32,37)(H,34,35). The van der Waals surface area contributed by atoms with E-state index >= 15 is 0 Å². The minimum atomic E-state index is -1.57. The fraction of sp³-hybridized carbons (Fsp3) is 0.300. The lowest BCUT2D eigenvalue weighted by Gasteiger charge is -2.45. The van der Waals surface area contributed by atoms with Gasteiger partial charge in [0, 0.05) is 6.04 Å². The van der Waals surface area contributed by atoms with Crippen LogP contribution in [0.3, 0.4) is 0 Å². The molecule has 0 radical (unpaired) electrons. The monoisotopic (exact) mass is 499 g/mol. The fourth-order valence-electron chi connectivity index (χ4n) is 5.23. The van der Waals surface area contributed by atoms with Gasteiger partial charge >= 0.3 is 5.97 Å². The molecule has 1 aliphatic rings. The summed E-state index contributed by atoms with van der Waals surface area (Å²) in [4.78, 5) is 42.0. The quantitative estimate of drug-likeness (QED) is 0.354. The number of nitrogens with two attached hydrogens (primary N) is 1. The average Bonchev–Trinajstić information content (AvgIpc) is 2.99. The lowest BCUT2D eigenvalue weighted by Crippen LogP contribution is -2.59. The highest BCUT2D eigenvalue weighted by Crippen LogP contribution is 2.43. The molecule has 0 saturated carbocycles. The third kappa shape index (κ3) is 5.13. The number of nitrogens with zero attached hydrogens (tertiary/aromatic N) is 1. The zero-order chi connectivity index (χ0) is 26.4. The summed E-state index contributed by atoms with van der Waals surface area (Å²) in [6, 6.07) is 22.9. The fourth-order valence-corrected chi connectivity index (χ4v) is 5.23. The van der Waals surface area contributed by atoms with E-state index in [1.54, 1.807) is 37.3 Å². The van der Waals surface area contributed by atoms with Crippen molar-refractivity contribution in [3.05, 3.63) is 101 Å². The van der Waals surface area contributed by atoms with E-state index < -0.39 is 29.4 Å². The lowest BCUT2D eigenvalue weighted by atomic mass is 9.79. The first-order valence-corrected chi connectivity index (χ1v) is 12.7. The van der Waals surface area contributed by atoms with Crippen LogP contribution in [0.2, 0.25) is 0 Å². The van der Waals surface area contributed by atoms with Gasteiger partial charge in [-0.3, -0.25) is 14.4 Å². The summed E-state index contributed by atoms with van der Waals surface area (Å²) in [5.41, 5.74) is 6.96. The summed E-state index contributed by atoms with van der Waals surface area (Å²) in [6.45, 7) is 2.33. The van der Waals surface area contributed by atoms with E-state index in [0.717, 1.165) is 31.2 Å². The molecule has 0 saturated heterocycles. The maximum atomic E-state index is 14.4. The Hall–Kier alpha value is -3.97. The van der Waals surface area contributed by atoms with Gasteiger partial charge in [0.25, 0.3) is 11.8 Å². The van der Waals surface area contributed by atoms with Crippen molar-refractivity contribution in [2.75, 3.05) is 11.9 Å². The van der Waals surface area contributed by atoms with Crippen molar-refractivity contribution in [1.29, 1.82) is 0 Å². The van der Waals surface area contributed by atoms with E-state index in [0.29, 0.717) is 28.9 Å². The second-order valence-corrected chi connectivity index (χ2v) is 9.50. The number of rotatable bonds is 10. The largest absolute Gasteiger partial charge is 0.481 e. The Balaban J connectivity index is 1.92. The van der Waals surface area contributed by atoms with Crippen LogP contribution in [0, 0.1) is 0 Å². The van der Waals surface area contributed by atoms with E-state index in [1.165, 1.54) is 4.90 Å². The maximum absolute atomic E-state index is 14.4. The van der Waals surface area contributed by atoms with Crippen LogP contribution >= 0.6 is 0 Å². The molecule has 0 spiro atoms. The number of fused-ring (bicyclic) bond motifs is 1. The molecule has 1 atom stereocenters. The van der Waals surface area contributed by atoms with Crippen LogP contribution in [-0.4, -0.2) is 40.4 Å². The van der Waals surface area contributed by atoms with Gasteiger partial charge in [-0.05, 0) is 61.6 Å². The van der Waals surface area contributed by atoms with Crippen LogP contribution in [0.15, 0.2) is 78.9 Å². The molecule has 0 fully saturated rings. The summed E-state index contributed by atoms with van der Waals surface area (Å²) in [7, 11) is 0. The number of hydrogen-bond donors (Lipinski definition) is 3. The number of benzene rings is 3. The summed E-state index contributed by atoms with van der Waals surface area (Å²) in [5, 5.41) is 12.7. The second kappa shape index (κ2) is 11.4. The number of carbonyl (C=O) groups is 3. The first kappa shape index (κ1) is 26.1. The van der Waals surface area contributed by atoms with E-state index in [9.17, 15) is 19.5 Å². The minimum absolute atomic E-state index is 0.311. The highest BCUT2D eigenvalue weighted by molar-refractivity contribution is 6.13. The molecule has 4 N–H and O–H groups in total. The number of amides is 2. The predicted molar refractivity (Wildman–Crippen MR) is 143 cm³/mol. The van der Waals surface area contributed by atoms with Crippen molar-refractivity contribution in [1.82, 2.24) is 4.90 Å². The van der Waals surface area contributed by atoms with Crippen LogP contribution in [-0.2, 0) is 21.5 Å². The third-order valence-electron chi connectivity index (χ3n) is 6.93. The van der Waals surface area contributed by atoms with Crippen LogP contribution in [0.5, 0.6) is 0 Å². The molecule has 37 heavy (non-hydrogen) atoms. The number of hydrogen-bond acceptors (Lipinski definition) is 4. The van der Waals surface area contributed by atoms with Crippen molar-refractivity contribution in [3.8, 4) is 0 Å². The maximum Gasteiger partial charge on any atom is 0.305 e. The number of anilines is 1. The number of unbranched alkanes of at least 4 members (excludes halogenated alkanes) is 2. The minimum Gasteiger partial charge on any atom is -0.481 e. The van der Waals surface area contributed by atoms with Gasteiger partial charge in [-0.1, -0.05) is 73.2 Å². The highest BCUT2D eigenvalue weighted by Gasteiger charge is 2.53. The number of carbonyl (C=O) groups excluding carboxylic acids is 2.